The number of hydrogen-bond donors (Lipinski definition) is 0. The number of ether oxygens (including phenoxy) is 3. The van der Waals surface area contributed by atoms with E-state index in [1.54, 1.807) is 0 Å². The number of hydrogen-bond acceptors (Lipinski definition) is 6. The minimum absolute atomic E-state index is 0.0951. The monoisotopic (exact) mass is 1140 g/mol. The lowest BCUT2D eigenvalue weighted by Crippen LogP contribution is -2.30. The van der Waals surface area contributed by atoms with Crippen molar-refractivity contribution in [2.24, 2.45) is 0 Å². The number of carbonyl (C=O) groups excluding carboxylic acids is 3. The fourth-order valence-corrected chi connectivity index (χ4v) is 9.04. The molecule has 0 N–H and O–H groups in total. The quantitative estimate of drug-likeness (QED) is 0.0261. The summed E-state index contributed by atoms with van der Waals surface area (Å²) < 4.78 is 17.0. The molecule has 0 aliphatic heterocycles. The first-order valence-corrected chi connectivity index (χ1v) is 34.0. The van der Waals surface area contributed by atoms with Crippen LogP contribution in [0.2, 0.25) is 0 Å². The Bertz CT molecular complexity index is 1840. The first kappa shape index (κ1) is 78.0. The lowest BCUT2D eigenvalue weighted by molar-refractivity contribution is -0.167. The van der Waals surface area contributed by atoms with Crippen molar-refractivity contribution >= 4 is 17.9 Å². The van der Waals surface area contributed by atoms with E-state index in [2.05, 4.69) is 179 Å². The van der Waals surface area contributed by atoms with Crippen LogP contribution in [0.4, 0.5) is 0 Å². The Hall–Kier alpha value is -4.97. The van der Waals surface area contributed by atoms with Gasteiger partial charge in [-0.25, -0.2) is 0 Å². The average molecular weight is 1150 g/mol. The van der Waals surface area contributed by atoms with E-state index in [1.165, 1.54) is 83.5 Å². The van der Waals surface area contributed by atoms with Gasteiger partial charge in [0.1, 0.15) is 13.2 Å². The van der Waals surface area contributed by atoms with E-state index >= 15 is 0 Å². The summed E-state index contributed by atoms with van der Waals surface area (Å²) >= 11 is 0. The third-order valence-electron chi connectivity index (χ3n) is 14.0. The molecule has 0 aromatic rings. The fraction of sp³-hybridized carbons (Fsp3) is 0.623. The van der Waals surface area contributed by atoms with E-state index in [4.69, 9.17) is 14.2 Å². The second-order valence-electron chi connectivity index (χ2n) is 21.9. The molecule has 1 unspecified atom stereocenters. The molecule has 0 spiro atoms. The zero-order chi connectivity index (χ0) is 59.9. The van der Waals surface area contributed by atoms with E-state index in [-0.39, 0.29) is 31.1 Å². The molecule has 0 rings (SSSR count). The van der Waals surface area contributed by atoms with Gasteiger partial charge in [-0.2, -0.15) is 0 Å². The molecule has 0 saturated carbocycles. The molecule has 6 heteroatoms. The molecular weight excluding hydrogens is 1020 g/mol. The van der Waals surface area contributed by atoms with Gasteiger partial charge in [0, 0.05) is 19.3 Å². The number of allylic oxidation sites excluding steroid dienone is 26. The summed E-state index contributed by atoms with van der Waals surface area (Å²) in [6.45, 7) is 6.29. The maximum Gasteiger partial charge on any atom is 0.306 e. The van der Waals surface area contributed by atoms with Gasteiger partial charge in [0.25, 0.3) is 0 Å². The topological polar surface area (TPSA) is 78.9 Å². The Kier molecular flexibility index (Phi) is 65.4. The Morgan fingerprint density at radius 1 is 0.241 bits per heavy atom. The first-order chi connectivity index (χ1) is 41.0. The first-order valence-electron chi connectivity index (χ1n) is 34.0. The van der Waals surface area contributed by atoms with Crippen molar-refractivity contribution in [3.05, 3.63) is 158 Å². The summed E-state index contributed by atoms with van der Waals surface area (Å²) in [7, 11) is 0. The van der Waals surface area contributed by atoms with E-state index in [0.717, 1.165) is 167 Å². The predicted octanol–water partition coefficient (Wildman–Crippen LogP) is 23.7. The van der Waals surface area contributed by atoms with Crippen LogP contribution in [0.25, 0.3) is 0 Å². The average Bonchev–Trinajstić information content (AvgIpc) is 3.50. The van der Waals surface area contributed by atoms with Crippen LogP contribution < -0.4 is 0 Å². The molecule has 0 aliphatic rings. The van der Waals surface area contributed by atoms with Gasteiger partial charge in [0.05, 0.1) is 0 Å². The van der Waals surface area contributed by atoms with Gasteiger partial charge in [-0.15, -0.1) is 0 Å². The summed E-state index contributed by atoms with van der Waals surface area (Å²) in [4.78, 5) is 38.5. The van der Waals surface area contributed by atoms with Gasteiger partial charge < -0.3 is 14.2 Å². The smallest absolute Gasteiger partial charge is 0.306 e. The lowest BCUT2D eigenvalue weighted by Gasteiger charge is -2.18. The van der Waals surface area contributed by atoms with Crippen LogP contribution in [0.3, 0.4) is 0 Å². The van der Waals surface area contributed by atoms with Crippen molar-refractivity contribution in [1.82, 2.24) is 0 Å². The summed E-state index contributed by atoms with van der Waals surface area (Å²) in [5.41, 5.74) is 0. The lowest BCUT2D eigenvalue weighted by atomic mass is 10.1. The van der Waals surface area contributed by atoms with E-state index in [0.29, 0.717) is 19.3 Å². The van der Waals surface area contributed by atoms with Gasteiger partial charge in [-0.1, -0.05) is 288 Å². The molecule has 0 heterocycles. The minimum atomic E-state index is -0.801. The maximum absolute atomic E-state index is 13.0. The predicted molar refractivity (Wildman–Crippen MR) is 362 cm³/mol. The van der Waals surface area contributed by atoms with Gasteiger partial charge in [-0.3, -0.25) is 14.4 Å². The SMILES string of the molecule is CC/C=C\C/C=C\C/C=C\C/C=C\C/C=C\CCCCCCCCCCCC(=O)OCC(COC(=O)CCCCCCCC/C=C\C/C=C\C/C=C\C/C=C\CC)OC(=O)CCCCCCCCCC/C=C\C/C=C\C/C=C\C/C=C\CC. The number of unbranched alkanes of at least 4 members (excludes halogenated alkanes) is 23. The van der Waals surface area contributed by atoms with Gasteiger partial charge in [0.2, 0.25) is 0 Å². The fourth-order valence-electron chi connectivity index (χ4n) is 9.04. The molecule has 0 aromatic heterocycles. The van der Waals surface area contributed by atoms with Crippen LogP contribution in [0.5, 0.6) is 0 Å². The zero-order valence-corrected chi connectivity index (χ0v) is 53.7. The molecule has 0 amide bonds. The molecule has 1 atom stereocenters. The van der Waals surface area contributed by atoms with Crippen LogP contribution in [0, 0.1) is 0 Å². The van der Waals surface area contributed by atoms with E-state index in [1.807, 2.05) is 0 Å². The van der Waals surface area contributed by atoms with Crippen LogP contribution in [0.1, 0.15) is 290 Å². The van der Waals surface area contributed by atoms with Gasteiger partial charge in [-0.05, 0) is 141 Å². The molecule has 0 radical (unpaired) electrons. The largest absolute Gasteiger partial charge is 0.462 e. The summed E-state index contributed by atoms with van der Waals surface area (Å²) in [6.07, 6.45) is 101. The molecule has 0 fully saturated rings. The maximum atomic E-state index is 13.0. The minimum Gasteiger partial charge on any atom is -0.462 e. The van der Waals surface area contributed by atoms with Gasteiger partial charge >= 0.3 is 17.9 Å². The Morgan fingerprint density at radius 2 is 0.434 bits per heavy atom. The second-order valence-corrected chi connectivity index (χ2v) is 21.9. The van der Waals surface area contributed by atoms with Crippen molar-refractivity contribution in [1.29, 1.82) is 0 Å². The van der Waals surface area contributed by atoms with Crippen molar-refractivity contribution in [2.75, 3.05) is 13.2 Å². The summed E-state index contributed by atoms with van der Waals surface area (Å²) in [6, 6.07) is 0. The third-order valence-corrected chi connectivity index (χ3v) is 14.0. The summed E-state index contributed by atoms with van der Waals surface area (Å²) in [5, 5.41) is 0. The standard InChI is InChI=1S/C77H124O6/c1-4-7-10-13-16-19-22-25-28-31-34-36-37-38-39-41-43-46-49-52-55-58-61-64-67-70-76(79)82-73-74(72-81-75(78)69-66-63-60-57-54-51-48-45-42-33-30-27-24-21-18-15-12-9-6-3)83-77(80)71-68-65-62-59-56-53-50-47-44-40-35-32-29-26-23-20-17-14-11-8-5-2/h7-12,16-21,25-30,34-36,38-40,42,45,74H,4-6,13-15,22-24,31-33,37,41,43-44,46-73H2,1-3H3/b10-7-,11-8-,12-9-,19-16-,20-17-,21-18-,28-25-,29-26-,30-27-,36-34-,39-38-,40-35-,45-42-. The Labute approximate surface area is 511 Å². The highest BCUT2D eigenvalue weighted by atomic mass is 16.6. The number of carbonyl (C=O) groups is 3. The molecule has 0 aromatic carbocycles. The van der Waals surface area contributed by atoms with Crippen LogP contribution in [-0.4, -0.2) is 37.2 Å². The van der Waals surface area contributed by atoms with Gasteiger partial charge in [0.15, 0.2) is 6.10 Å². The zero-order valence-electron chi connectivity index (χ0n) is 53.7. The molecule has 0 saturated heterocycles. The van der Waals surface area contributed by atoms with Crippen molar-refractivity contribution in [3.8, 4) is 0 Å². The van der Waals surface area contributed by atoms with E-state index in [9.17, 15) is 14.4 Å². The molecule has 0 aliphatic carbocycles. The normalized spacial score (nSPS) is 13.1. The second kappa shape index (κ2) is 69.5. The molecule has 6 nitrogen and oxygen atoms in total. The highest BCUT2D eigenvalue weighted by Gasteiger charge is 2.19. The molecule has 0 bridgehead atoms. The van der Waals surface area contributed by atoms with E-state index < -0.39 is 6.10 Å². The Balaban J connectivity index is 4.45. The number of rotatable bonds is 60. The van der Waals surface area contributed by atoms with Crippen LogP contribution in [0.15, 0.2) is 158 Å². The van der Waals surface area contributed by atoms with Crippen LogP contribution >= 0.6 is 0 Å². The van der Waals surface area contributed by atoms with Crippen LogP contribution in [-0.2, 0) is 28.6 Å². The number of esters is 3. The van der Waals surface area contributed by atoms with Crippen molar-refractivity contribution in [2.45, 2.75) is 297 Å². The van der Waals surface area contributed by atoms with Crippen molar-refractivity contribution in [3.63, 3.8) is 0 Å². The highest BCUT2D eigenvalue weighted by Crippen LogP contribution is 2.15. The molecule has 83 heavy (non-hydrogen) atoms. The molecule has 468 valence electrons. The Morgan fingerprint density at radius 3 is 0.675 bits per heavy atom. The third kappa shape index (κ3) is 67.7. The molecular formula is C77H124O6. The highest BCUT2D eigenvalue weighted by molar-refractivity contribution is 5.71. The summed E-state index contributed by atoms with van der Waals surface area (Å²) in [5.74, 6) is -0.920. The van der Waals surface area contributed by atoms with Crippen molar-refractivity contribution < 1.29 is 28.6 Å².